The van der Waals surface area contributed by atoms with E-state index in [1.807, 2.05) is 24.5 Å². The van der Waals surface area contributed by atoms with Crippen molar-refractivity contribution >= 4 is 23.1 Å². The van der Waals surface area contributed by atoms with Crippen molar-refractivity contribution in [3.8, 4) is 6.07 Å². The van der Waals surface area contributed by atoms with Crippen molar-refractivity contribution in [3.05, 3.63) is 106 Å². The molecule has 7 heteroatoms. The predicted molar refractivity (Wildman–Crippen MR) is 130 cm³/mol. The molecule has 0 saturated carbocycles. The third kappa shape index (κ3) is 4.69. The summed E-state index contributed by atoms with van der Waals surface area (Å²) in [6.45, 7) is 5.67. The maximum Gasteiger partial charge on any atom is 0.330 e. The van der Waals surface area contributed by atoms with Crippen LogP contribution in [-0.2, 0) is 9.53 Å². The Bertz CT molecular complexity index is 1420. The highest BCUT2D eigenvalue weighted by atomic mass is 19.1. The number of carbonyl (C=O) groups excluding carboxylic acids is 1. The molecule has 0 aliphatic heterocycles. The topological polar surface area (TPSA) is 67.9 Å². The number of fused-ring (bicyclic) bond motifs is 1. The maximum atomic E-state index is 13.8. The summed E-state index contributed by atoms with van der Waals surface area (Å²) in [5, 5.41) is 10.8. The lowest BCUT2D eigenvalue weighted by atomic mass is 9.97. The molecule has 0 fully saturated rings. The minimum atomic E-state index is -0.587. The molecule has 0 aliphatic rings. The van der Waals surface area contributed by atoms with Crippen LogP contribution in [0.5, 0.6) is 0 Å². The highest BCUT2D eigenvalue weighted by Gasteiger charge is 2.27. The lowest BCUT2D eigenvalue weighted by Crippen LogP contribution is -2.15. The van der Waals surface area contributed by atoms with E-state index in [-0.39, 0.29) is 6.61 Å². The predicted octanol–water partition coefficient (Wildman–Crippen LogP) is 6.02. The number of hydrogen-bond donors (Lipinski definition) is 0. The van der Waals surface area contributed by atoms with Gasteiger partial charge in [0.05, 0.1) is 23.9 Å². The monoisotopic (exact) mass is 471 g/mol. The van der Waals surface area contributed by atoms with Gasteiger partial charge in [-0.25, -0.2) is 18.6 Å². The number of hydrogen-bond acceptors (Lipinski definition) is 4. The van der Waals surface area contributed by atoms with E-state index in [1.54, 1.807) is 31.2 Å². The number of benzene rings is 2. The van der Waals surface area contributed by atoms with Crippen LogP contribution in [0, 0.1) is 36.8 Å². The average Bonchev–Trinajstić information content (AvgIpc) is 3.13. The molecule has 35 heavy (non-hydrogen) atoms. The molecule has 0 spiro atoms. The van der Waals surface area contributed by atoms with Crippen molar-refractivity contribution in [3.63, 3.8) is 0 Å². The molecule has 4 rings (SSSR count). The Balaban J connectivity index is 2.11. The molecular weight excluding hydrogens is 448 g/mol. The Hall–Kier alpha value is -4.31. The summed E-state index contributed by atoms with van der Waals surface area (Å²) >= 11 is 0. The Kier molecular flexibility index (Phi) is 6.74. The van der Waals surface area contributed by atoms with Crippen LogP contribution >= 0.6 is 0 Å². The van der Waals surface area contributed by atoms with Crippen LogP contribution in [-0.4, -0.2) is 22.1 Å². The van der Waals surface area contributed by atoms with Crippen LogP contribution in [0.1, 0.15) is 46.6 Å². The van der Waals surface area contributed by atoms with E-state index in [9.17, 15) is 18.8 Å². The van der Waals surface area contributed by atoms with Gasteiger partial charge in [-0.3, -0.25) is 0 Å². The summed E-state index contributed by atoms with van der Waals surface area (Å²) in [5.74, 6) is -1.34. The van der Waals surface area contributed by atoms with Crippen LogP contribution < -0.4 is 0 Å². The molecule has 0 radical (unpaired) electrons. The van der Waals surface area contributed by atoms with Gasteiger partial charge in [-0.15, -0.1) is 0 Å². The lowest BCUT2D eigenvalue weighted by molar-refractivity contribution is -0.137. The molecule has 0 aliphatic carbocycles. The van der Waals surface area contributed by atoms with Crippen molar-refractivity contribution in [2.75, 3.05) is 6.61 Å². The Morgan fingerprint density at radius 1 is 1.09 bits per heavy atom. The summed E-state index contributed by atoms with van der Waals surface area (Å²) < 4.78 is 34.5. The fraction of sp³-hybridized carbons (Fsp3) is 0.179. The van der Waals surface area contributed by atoms with Crippen molar-refractivity contribution in [2.45, 2.75) is 26.8 Å². The quantitative estimate of drug-likeness (QED) is 0.255. The molecule has 0 unspecified atom stereocenters. The minimum absolute atomic E-state index is 0.213. The Labute approximate surface area is 201 Å². The van der Waals surface area contributed by atoms with E-state index >= 15 is 0 Å². The van der Waals surface area contributed by atoms with Crippen LogP contribution in [0.2, 0.25) is 0 Å². The number of carbonyl (C=O) groups is 1. The molecule has 176 valence electrons. The fourth-order valence-corrected chi connectivity index (χ4v) is 4.32. The van der Waals surface area contributed by atoms with Crippen LogP contribution in [0.25, 0.3) is 17.1 Å². The van der Waals surface area contributed by atoms with E-state index < -0.39 is 23.6 Å². The molecule has 0 N–H and O–H groups in total. The molecule has 0 saturated heterocycles. The highest BCUT2D eigenvalue weighted by molar-refractivity contribution is 5.94. The third-order valence-corrected chi connectivity index (χ3v) is 5.72. The molecule has 4 aromatic rings. The zero-order valence-electron chi connectivity index (χ0n) is 19.5. The summed E-state index contributed by atoms with van der Waals surface area (Å²) in [6, 6.07) is 15.5. The average molecular weight is 472 g/mol. The summed E-state index contributed by atoms with van der Waals surface area (Å²) in [7, 11) is 0. The minimum Gasteiger partial charge on any atom is -0.463 e. The van der Waals surface area contributed by atoms with Gasteiger partial charge in [-0.05, 0) is 73.9 Å². The Morgan fingerprint density at radius 3 is 2.17 bits per heavy atom. The molecule has 2 aromatic heterocycles. The van der Waals surface area contributed by atoms with E-state index in [0.717, 1.165) is 11.3 Å². The van der Waals surface area contributed by atoms with Crippen LogP contribution in [0.15, 0.2) is 60.7 Å². The molecule has 0 atom stereocenters. The first kappa shape index (κ1) is 23.8. The SMILES string of the molecule is CCOC(=O)/C=C/c1c(C#N)c2c(C)cc(C)nc2n1C(c1ccc(F)cc1)c1ccc(F)cc1. The molecular formula is C28H23F2N3O2. The summed E-state index contributed by atoms with van der Waals surface area (Å²) in [4.78, 5) is 16.9. The normalized spacial score (nSPS) is 11.3. The van der Waals surface area contributed by atoms with Gasteiger partial charge < -0.3 is 9.30 Å². The van der Waals surface area contributed by atoms with Gasteiger partial charge in [-0.1, -0.05) is 24.3 Å². The first-order chi connectivity index (χ1) is 16.8. The van der Waals surface area contributed by atoms with Crippen molar-refractivity contribution < 1.29 is 18.3 Å². The number of ether oxygens (including phenoxy) is 1. The number of aromatic nitrogens is 2. The zero-order valence-corrected chi connectivity index (χ0v) is 19.5. The highest BCUT2D eigenvalue weighted by Crippen LogP contribution is 2.37. The van der Waals surface area contributed by atoms with E-state index in [1.165, 1.54) is 36.4 Å². The molecule has 2 heterocycles. The number of rotatable bonds is 6. The molecule has 5 nitrogen and oxygen atoms in total. The van der Waals surface area contributed by atoms with E-state index in [2.05, 4.69) is 6.07 Å². The third-order valence-electron chi connectivity index (χ3n) is 5.72. The second-order valence-electron chi connectivity index (χ2n) is 8.11. The summed E-state index contributed by atoms with van der Waals surface area (Å²) in [5.41, 5.74) is 4.32. The fourth-order valence-electron chi connectivity index (χ4n) is 4.32. The van der Waals surface area contributed by atoms with Gasteiger partial charge in [0.25, 0.3) is 0 Å². The number of nitrogens with zero attached hydrogens (tertiary/aromatic N) is 3. The second kappa shape index (κ2) is 9.90. The molecule has 0 bridgehead atoms. The first-order valence-electron chi connectivity index (χ1n) is 11.1. The largest absolute Gasteiger partial charge is 0.463 e. The maximum absolute atomic E-state index is 13.8. The van der Waals surface area contributed by atoms with Crippen LogP contribution in [0.4, 0.5) is 8.78 Å². The van der Waals surface area contributed by atoms with Gasteiger partial charge in [0.2, 0.25) is 0 Å². The van der Waals surface area contributed by atoms with E-state index in [0.29, 0.717) is 33.4 Å². The van der Waals surface area contributed by atoms with Crippen molar-refractivity contribution in [1.29, 1.82) is 5.26 Å². The lowest BCUT2D eigenvalue weighted by Gasteiger charge is -2.23. The van der Waals surface area contributed by atoms with Crippen LogP contribution in [0.3, 0.4) is 0 Å². The Morgan fingerprint density at radius 2 is 1.66 bits per heavy atom. The van der Waals surface area contributed by atoms with Crippen molar-refractivity contribution in [1.82, 2.24) is 9.55 Å². The van der Waals surface area contributed by atoms with Gasteiger partial charge in [0.1, 0.15) is 23.4 Å². The number of pyridine rings is 1. The van der Waals surface area contributed by atoms with Gasteiger partial charge in [-0.2, -0.15) is 5.26 Å². The second-order valence-corrected chi connectivity index (χ2v) is 8.11. The number of nitriles is 1. The zero-order chi connectivity index (χ0) is 25.1. The smallest absolute Gasteiger partial charge is 0.330 e. The molecule has 2 aromatic carbocycles. The number of esters is 1. The standard InChI is InChI=1S/C28H23F2N3O2/c1-4-35-25(34)14-13-24-23(16-31)26-17(2)15-18(3)32-28(26)33(24)27(19-5-9-21(29)10-6-19)20-7-11-22(30)12-8-20/h5-15,27H,4H2,1-3H3/b14-13+. The van der Waals surface area contributed by atoms with Gasteiger partial charge in [0.15, 0.2) is 0 Å². The van der Waals surface area contributed by atoms with Gasteiger partial charge in [0, 0.05) is 17.2 Å². The number of aryl methyl sites for hydroxylation is 2. The summed E-state index contributed by atoms with van der Waals surface area (Å²) in [6.07, 6.45) is 2.80. The van der Waals surface area contributed by atoms with E-state index in [4.69, 9.17) is 9.72 Å². The number of halogens is 2. The molecule has 0 amide bonds. The first-order valence-corrected chi connectivity index (χ1v) is 11.1. The van der Waals surface area contributed by atoms with Crippen molar-refractivity contribution in [2.24, 2.45) is 0 Å². The van der Waals surface area contributed by atoms with Gasteiger partial charge >= 0.3 is 5.97 Å².